The summed E-state index contributed by atoms with van der Waals surface area (Å²) in [5.74, 6) is -2.50. The molecule has 0 amide bonds. The van der Waals surface area contributed by atoms with E-state index in [4.69, 9.17) is 0 Å². The third-order valence-corrected chi connectivity index (χ3v) is 5.57. The Balaban J connectivity index is 1.81. The van der Waals surface area contributed by atoms with E-state index in [1.54, 1.807) is 30.3 Å². The first-order valence-electron chi connectivity index (χ1n) is 10.8. The number of carboxylic acids is 1. The molecular formula is C24H15N9O5. The van der Waals surface area contributed by atoms with Crippen LogP contribution in [0, 0.1) is 11.3 Å². The number of fused-ring (bicyclic) bond motifs is 1. The van der Waals surface area contributed by atoms with Gasteiger partial charge in [-0.1, -0.05) is 18.2 Å². The number of para-hydroxylation sites is 1. The Hall–Kier alpha value is -5.97. The normalized spacial score (nSPS) is 11.2. The van der Waals surface area contributed by atoms with E-state index in [-0.39, 0.29) is 28.1 Å². The third-order valence-electron chi connectivity index (χ3n) is 5.57. The number of nitrogens with one attached hydrogen (secondary N) is 1. The number of hydrogen-bond donors (Lipinski definition) is 3. The van der Waals surface area contributed by atoms with E-state index in [2.05, 4.69) is 30.3 Å². The highest BCUT2D eigenvalue weighted by Crippen LogP contribution is 2.38. The number of benzene rings is 1. The van der Waals surface area contributed by atoms with Gasteiger partial charge in [0.25, 0.3) is 11.1 Å². The number of nitrogens with zero attached hydrogens (tertiary/aromatic N) is 8. The zero-order valence-corrected chi connectivity index (χ0v) is 19.4. The highest BCUT2D eigenvalue weighted by atomic mass is 16.4. The molecule has 0 aliphatic rings. The van der Waals surface area contributed by atoms with Crippen molar-refractivity contribution in [3.05, 3.63) is 86.7 Å². The monoisotopic (exact) mass is 509 g/mol. The average molecular weight is 509 g/mol. The van der Waals surface area contributed by atoms with E-state index in [1.165, 1.54) is 29.2 Å². The van der Waals surface area contributed by atoms with Gasteiger partial charge in [0.05, 0.1) is 22.7 Å². The van der Waals surface area contributed by atoms with Crippen LogP contribution in [0.4, 0.5) is 11.5 Å². The largest absolute Gasteiger partial charge is 0.493 e. The predicted octanol–water partition coefficient (Wildman–Crippen LogP) is 2.56. The van der Waals surface area contributed by atoms with E-state index >= 15 is 0 Å². The quantitative estimate of drug-likeness (QED) is 0.297. The fraction of sp³-hybridized carbons (Fsp3) is 0.0417. The van der Waals surface area contributed by atoms with Crippen molar-refractivity contribution in [1.82, 2.24) is 29.3 Å². The molecule has 0 fully saturated rings. The molecule has 186 valence electrons. The van der Waals surface area contributed by atoms with Crippen molar-refractivity contribution in [2.45, 2.75) is 0 Å². The molecule has 4 heterocycles. The summed E-state index contributed by atoms with van der Waals surface area (Å²) in [6.45, 7) is 0. The lowest BCUT2D eigenvalue weighted by molar-refractivity contribution is 0.0695. The maximum atomic E-state index is 12.9. The molecule has 0 atom stereocenters. The minimum absolute atomic E-state index is 0.000887. The van der Waals surface area contributed by atoms with Gasteiger partial charge in [0.15, 0.2) is 17.3 Å². The van der Waals surface area contributed by atoms with E-state index < -0.39 is 39.8 Å². The smallest absolute Gasteiger partial charge is 0.342 e. The molecule has 5 aromatic rings. The highest BCUT2D eigenvalue weighted by molar-refractivity contribution is 5.99. The average Bonchev–Trinajstić information content (AvgIpc) is 3.34. The first-order valence-corrected chi connectivity index (χ1v) is 10.8. The summed E-state index contributed by atoms with van der Waals surface area (Å²) >= 11 is 0. The lowest BCUT2D eigenvalue weighted by atomic mass is 10.1. The van der Waals surface area contributed by atoms with Crippen molar-refractivity contribution in [1.29, 1.82) is 5.26 Å². The Labute approximate surface area is 211 Å². The molecule has 1 aromatic carbocycles. The number of carboxylic acid groups (broad SMARTS) is 1. The molecule has 5 rings (SSSR count). The number of pyridine rings is 2. The molecule has 0 aliphatic heterocycles. The fourth-order valence-corrected chi connectivity index (χ4v) is 3.75. The first kappa shape index (κ1) is 23.8. The van der Waals surface area contributed by atoms with Crippen LogP contribution in [0.2, 0.25) is 0 Å². The molecule has 0 saturated heterocycles. The molecule has 0 bridgehead atoms. The van der Waals surface area contributed by atoms with Crippen molar-refractivity contribution >= 4 is 28.4 Å². The maximum Gasteiger partial charge on any atom is 0.342 e. The molecule has 0 spiro atoms. The molecule has 14 heteroatoms. The van der Waals surface area contributed by atoms with Crippen LogP contribution in [-0.4, -0.2) is 45.5 Å². The summed E-state index contributed by atoms with van der Waals surface area (Å²) in [6.07, 6.45) is 2.73. The van der Waals surface area contributed by atoms with Crippen LogP contribution in [-0.2, 0) is 7.05 Å². The third kappa shape index (κ3) is 3.85. The van der Waals surface area contributed by atoms with E-state index in [9.17, 15) is 29.9 Å². The summed E-state index contributed by atoms with van der Waals surface area (Å²) in [5.41, 5.74) is -3.23. The molecule has 0 unspecified atom stereocenters. The Kier molecular flexibility index (Phi) is 5.78. The predicted molar refractivity (Wildman–Crippen MR) is 132 cm³/mol. The molecule has 0 saturated carbocycles. The van der Waals surface area contributed by atoms with Gasteiger partial charge < -0.3 is 15.2 Å². The summed E-state index contributed by atoms with van der Waals surface area (Å²) in [5, 5.41) is 42.7. The molecule has 4 aromatic heterocycles. The molecule has 3 N–H and O–H groups in total. The summed E-state index contributed by atoms with van der Waals surface area (Å²) in [7, 11) is 1.14. The lowest BCUT2D eigenvalue weighted by Gasteiger charge is -2.13. The molecular weight excluding hydrogens is 494 g/mol. The van der Waals surface area contributed by atoms with Crippen molar-refractivity contribution in [3.8, 4) is 29.2 Å². The van der Waals surface area contributed by atoms with Crippen LogP contribution >= 0.6 is 0 Å². The standard InChI is InChI=1S/C24H15N9O5/c1-32-22(35)17(24(37)38)16(19-28-14-7-3-2-6-13(14)21(34)29-19)18(23(32)36)30-31-20-12(10-25)11-27-33(20)15-8-4-5-9-26-15/h2-9,11,36H,1H3,(H,37,38)(H,28,29,34)/b31-30+. The number of aromatic carboxylic acids is 1. The van der Waals surface area contributed by atoms with E-state index in [0.29, 0.717) is 10.4 Å². The number of H-pyrrole nitrogens is 1. The first-order chi connectivity index (χ1) is 18.3. The number of nitriles is 1. The second kappa shape index (κ2) is 9.24. The minimum Gasteiger partial charge on any atom is -0.493 e. The molecule has 0 radical (unpaired) electrons. The van der Waals surface area contributed by atoms with Gasteiger partial charge in [0.2, 0.25) is 5.88 Å². The number of azo groups is 1. The van der Waals surface area contributed by atoms with Gasteiger partial charge in [-0.25, -0.2) is 14.8 Å². The zero-order valence-electron chi connectivity index (χ0n) is 19.4. The maximum absolute atomic E-state index is 12.9. The number of aromatic hydroxyl groups is 1. The molecule has 14 nitrogen and oxygen atoms in total. The van der Waals surface area contributed by atoms with Gasteiger partial charge >= 0.3 is 5.97 Å². The summed E-state index contributed by atoms with van der Waals surface area (Å²) < 4.78 is 1.89. The Bertz CT molecular complexity index is 1930. The van der Waals surface area contributed by atoms with E-state index in [0.717, 1.165) is 7.05 Å². The molecule has 0 aliphatic carbocycles. The number of carbonyl (C=O) groups is 1. The second-order valence-electron chi connectivity index (χ2n) is 7.82. The van der Waals surface area contributed by atoms with Gasteiger partial charge in [-0.15, -0.1) is 10.2 Å². The van der Waals surface area contributed by atoms with Gasteiger partial charge in [0.1, 0.15) is 23.0 Å². The van der Waals surface area contributed by atoms with Crippen LogP contribution in [0.25, 0.3) is 28.1 Å². The topological polar surface area (TPSA) is 204 Å². The second-order valence-corrected chi connectivity index (χ2v) is 7.82. The fourth-order valence-electron chi connectivity index (χ4n) is 3.75. The van der Waals surface area contributed by atoms with Gasteiger partial charge in [-0.05, 0) is 24.3 Å². The Morgan fingerprint density at radius 3 is 2.61 bits per heavy atom. The van der Waals surface area contributed by atoms with E-state index in [1.807, 2.05) is 6.07 Å². The number of aromatic amines is 1. The van der Waals surface area contributed by atoms with Crippen LogP contribution in [0.5, 0.6) is 5.88 Å². The van der Waals surface area contributed by atoms with Crippen LogP contribution < -0.4 is 11.1 Å². The summed E-state index contributed by atoms with van der Waals surface area (Å²) in [6, 6.07) is 13.2. The number of aromatic nitrogens is 6. The van der Waals surface area contributed by atoms with Crippen LogP contribution in [0.1, 0.15) is 15.9 Å². The van der Waals surface area contributed by atoms with Gasteiger partial charge in [-0.3, -0.25) is 14.2 Å². The van der Waals surface area contributed by atoms with Crippen molar-refractivity contribution in [2.75, 3.05) is 0 Å². The van der Waals surface area contributed by atoms with Gasteiger partial charge in [-0.2, -0.15) is 15.0 Å². The Morgan fingerprint density at radius 1 is 1.13 bits per heavy atom. The van der Waals surface area contributed by atoms with Crippen LogP contribution in [0.3, 0.4) is 0 Å². The highest BCUT2D eigenvalue weighted by Gasteiger charge is 2.28. The zero-order chi connectivity index (χ0) is 27.0. The van der Waals surface area contributed by atoms with Crippen LogP contribution in [0.15, 0.2) is 74.7 Å². The lowest BCUT2D eigenvalue weighted by Crippen LogP contribution is -2.26. The number of hydrogen-bond acceptors (Lipinski definition) is 10. The number of rotatable bonds is 5. The van der Waals surface area contributed by atoms with Gasteiger partial charge in [0, 0.05) is 13.2 Å². The minimum atomic E-state index is -1.65. The Morgan fingerprint density at radius 2 is 1.89 bits per heavy atom. The van der Waals surface area contributed by atoms with Crippen molar-refractivity contribution in [3.63, 3.8) is 0 Å². The van der Waals surface area contributed by atoms with Crippen molar-refractivity contribution < 1.29 is 15.0 Å². The summed E-state index contributed by atoms with van der Waals surface area (Å²) in [4.78, 5) is 48.7. The SMILES string of the molecule is Cn1c(O)c(/N=N/c2c(C#N)cnn2-c2ccccn2)c(-c2nc3ccccc3c(=O)[nH]2)c(C(=O)O)c1=O. The molecule has 38 heavy (non-hydrogen) atoms. The van der Waals surface area contributed by atoms with Crippen molar-refractivity contribution in [2.24, 2.45) is 17.3 Å².